The Kier molecular flexibility index (Phi) is 5.49. The van der Waals surface area contributed by atoms with Gasteiger partial charge in [-0.3, -0.25) is 14.7 Å². The first-order valence-electron chi connectivity index (χ1n) is 7.15. The second kappa shape index (κ2) is 7.36. The van der Waals surface area contributed by atoms with E-state index in [2.05, 4.69) is 32.5 Å². The number of carbonyl (C=O) groups is 1. The molecule has 0 N–H and O–H groups in total. The molecule has 1 aromatic heterocycles. The maximum atomic E-state index is 11.1. The van der Waals surface area contributed by atoms with Crippen LogP contribution in [0, 0.1) is 0 Å². The lowest BCUT2D eigenvalue weighted by Gasteiger charge is -2.37. The number of ether oxygens (including phenoxy) is 1. The fourth-order valence-corrected chi connectivity index (χ4v) is 2.54. The third-order valence-corrected chi connectivity index (χ3v) is 3.93. The van der Waals surface area contributed by atoms with Crippen molar-refractivity contribution in [3.8, 4) is 0 Å². The van der Waals surface area contributed by atoms with Crippen LogP contribution in [0.4, 0.5) is 0 Å². The Balaban J connectivity index is 1.78. The number of esters is 1. The molecule has 1 saturated heterocycles. The van der Waals surface area contributed by atoms with E-state index in [-0.39, 0.29) is 5.97 Å². The zero-order valence-electron chi connectivity index (χ0n) is 12.3. The molecule has 0 unspecified atom stereocenters. The fraction of sp³-hybridized carbons (Fsp3) is 0.600. The van der Waals surface area contributed by atoms with Crippen LogP contribution in [0.5, 0.6) is 0 Å². The molecule has 5 heteroatoms. The molecule has 2 heterocycles. The number of aromatic nitrogens is 1. The van der Waals surface area contributed by atoms with E-state index >= 15 is 0 Å². The summed E-state index contributed by atoms with van der Waals surface area (Å²) in [5.74, 6) is -0.130. The highest BCUT2D eigenvalue weighted by Crippen LogP contribution is 2.19. The molecule has 0 saturated carbocycles. The molecule has 20 heavy (non-hydrogen) atoms. The summed E-state index contributed by atoms with van der Waals surface area (Å²) >= 11 is 0. The minimum absolute atomic E-state index is 0.130. The fourth-order valence-electron chi connectivity index (χ4n) is 2.54. The molecule has 0 spiro atoms. The molecule has 5 nitrogen and oxygen atoms in total. The molecular weight excluding hydrogens is 254 g/mol. The second-order valence-corrected chi connectivity index (χ2v) is 5.13. The largest absolute Gasteiger partial charge is 0.469 e. The minimum atomic E-state index is -0.130. The first-order valence-corrected chi connectivity index (χ1v) is 7.15. The van der Waals surface area contributed by atoms with E-state index in [1.165, 1.54) is 7.11 Å². The van der Waals surface area contributed by atoms with Crippen molar-refractivity contribution in [2.75, 3.05) is 39.8 Å². The van der Waals surface area contributed by atoms with Crippen LogP contribution < -0.4 is 0 Å². The molecule has 0 bridgehead atoms. The van der Waals surface area contributed by atoms with Crippen molar-refractivity contribution >= 4 is 5.97 Å². The highest BCUT2D eigenvalue weighted by Gasteiger charge is 2.22. The van der Waals surface area contributed by atoms with Gasteiger partial charge in [0, 0.05) is 45.0 Å². The number of methoxy groups -OCH3 is 1. The summed E-state index contributed by atoms with van der Waals surface area (Å²) in [6, 6.07) is 6.40. The summed E-state index contributed by atoms with van der Waals surface area (Å²) in [5.41, 5.74) is 1.12. The number of carbonyl (C=O) groups excluding carboxylic acids is 1. The van der Waals surface area contributed by atoms with Gasteiger partial charge in [0.15, 0.2) is 0 Å². The van der Waals surface area contributed by atoms with Gasteiger partial charge in [0.05, 0.1) is 19.2 Å². The van der Waals surface area contributed by atoms with Gasteiger partial charge in [-0.25, -0.2) is 0 Å². The molecule has 1 aromatic rings. The van der Waals surface area contributed by atoms with Crippen molar-refractivity contribution < 1.29 is 9.53 Å². The van der Waals surface area contributed by atoms with E-state index < -0.39 is 0 Å². The molecule has 1 fully saturated rings. The molecule has 0 amide bonds. The van der Waals surface area contributed by atoms with Gasteiger partial charge in [0.25, 0.3) is 0 Å². The highest BCUT2D eigenvalue weighted by atomic mass is 16.5. The Morgan fingerprint density at radius 1 is 1.35 bits per heavy atom. The molecule has 2 rings (SSSR count). The van der Waals surface area contributed by atoms with E-state index in [4.69, 9.17) is 0 Å². The van der Waals surface area contributed by atoms with E-state index in [9.17, 15) is 4.79 Å². The second-order valence-electron chi connectivity index (χ2n) is 5.13. The predicted molar refractivity (Wildman–Crippen MR) is 77.3 cm³/mol. The predicted octanol–water partition coefficient (Wildman–Crippen LogP) is 1.32. The first-order chi connectivity index (χ1) is 9.70. The lowest BCUT2D eigenvalue weighted by Crippen LogP contribution is -2.47. The first kappa shape index (κ1) is 14.9. The number of pyridine rings is 1. The van der Waals surface area contributed by atoms with Gasteiger partial charge in [-0.05, 0) is 19.1 Å². The van der Waals surface area contributed by atoms with E-state index in [1.807, 2.05) is 18.3 Å². The van der Waals surface area contributed by atoms with Crippen molar-refractivity contribution in [2.45, 2.75) is 19.4 Å². The normalized spacial score (nSPS) is 18.7. The van der Waals surface area contributed by atoms with Crippen molar-refractivity contribution in [3.05, 3.63) is 30.1 Å². The van der Waals surface area contributed by atoms with Crippen molar-refractivity contribution in [1.29, 1.82) is 0 Å². The average molecular weight is 277 g/mol. The number of nitrogens with zero attached hydrogens (tertiary/aromatic N) is 3. The van der Waals surface area contributed by atoms with Crippen LogP contribution in [0.15, 0.2) is 24.4 Å². The third kappa shape index (κ3) is 4.02. The van der Waals surface area contributed by atoms with Crippen LogP contribution in [0.25, 0.3) is 0 Å². The van der Waals surface area contributed by atoms with E-state index in [1.54, 1.807) is 0 Å². The van der Waals surface area contributed by atoms with Crippen LogP contribution >= 0.6 is 0 Å². The molecule has 110 valence electrons. The average Bonchev–Trinajstić information content (AvgIpc) is 2.53. The summed E-state index contributed by atoms with van der Waals surface area (Å²) < 4.78 is 4.67. The van der Waals surface area contributed by atoms with Crippen LogP contribution in [0.2, 0.25) is 0 Å². The summed E-state index contributed by atoms with van der Waals surface area (Å²) in [7, 11) is 1.44. The zero-order chi connectivity index (χ0) is 14.4. The SMILES string of the molecule is COC(=O)CCN1CCN([C@@H](C)c2ccccn2)CC1. The van der Waals surface area contributed by atoms with Gasteiger partial charge in [0.1, 0.15) is 0 Å². The van der Waals surface area contributed by atoms with E-state index in [0.717, 1.165) is 38.4 Å². The molecule has 0 aliphatic carbocycles. The number of rotatable bonds is 5. The molecule has 1 atom stereocenters. The summed E-state index contributed by atoms with van der Waals surface area (Å²) in [5, 5.41) is 0. The lowest BCUT2D eigenvalue weighted by atomic mass is 10.1. The van der Waals surface area contributed by atoms with Gasteiger partial charge < -0.3 is 9.64 Å². The van der Waals surface area contributed by atoms with Crippen LogP contribution in [0.3, 0.4) is 0 Å². The van der Waals surface area contributed by atoms with Gasteiger partial charge in [-0.2, -0.15) is 0 Å². The van der Waals surface area contributed by atoms with Gasteiger partial charge in [-0.15, -0.1) is 0 Å². The Bertz CT molecular complexity index is 416. The van der Waals surface area contributed by atoms with Crippen LogP contribution in [-0.4, -0.2) is 60.6 Å². The Morgan fingerprint density at radius 3 is 2.70 bits per heavy atom. The van der Waals surface area contributed by atoms with Crippen LogP contribution in [0.1, 0.15) is 25.1 Å². The lowest BCUT2D eigenvalue weighted by molar-refractivity contribution is -0.141. The monoisotopic (exact) mass is 277 g/mol. The van der Waals surface area contributed by atoms with Gasteiger partial charge in [0.2, 0.25) is 0 Å². The summed E-state index contributed by atoms with van der Waals surface area (Å²) in [4.78, 5) is 20.3. The van der Waals surface area contributed by atoms with E-state index in [0.29, 0.717) is 12.5 Å². The van der Waals surface area contributed by atoms with Gasteiger partial charge >= 0.3 is 5.97 Å². The number of hydrogen-bond donors (Lipinski definition) is 0. The van der Waals surface area contributed by atoms with Crippen LogP contribution in [-0.2, 0) is 9.53 Å². The minimum Gasteiger partial charge on any atom is -0.469 e. The van der Waals surface area contributed by atoms with Gasteiger partial charge in [-0.1, -0.05) is 6.07 Å². The maximum Gasteiger partial charge on any atom is 0.306 e. The Morgan fingerprint density at radius 2 is 2.10 bits per heavy atom. The number of piperazine rings is 1. The topological polar surface area (TPSA) is 45.7 Å². The highest BCUT2D eigenvalue weighted by molar-refractivity contribution is 5.69. The third-order valence-electron chi connectivity index (χ3n) is 3.93. The number of hydrogen-bond acceptors (Lipinski definition) is 5. The maximum absolute atomic E-state index is 11.1. The van der Waals surface area contributed by atoms with Crippen molar-refractivity contribution in [2.24, 2.45) is 0 Å². The zero-order valence-corrected chi connectivity index (χ0v) is 12.3. The molecule has 0 radical (unpaired) electrons. The molecule has 1 aliphatic heterocycles. The molecule has 0 aromatic carbocycles. The Labute approximate surface area is 120 Å². The molecule has 1 aliphatic rings. The van der Waals surface area contributed by atoms with Crippen molar-refractivity contribution in [1.82, 2.24) is 14.8 Å². The smallest absolute Gasteiger partial charge is 0.306 e. The molecular formula is C15H23N3O2. The van der Waals surface area contributed by atoms with Crippen molar-refractivity contribution in [3.63, 3.8) is 0 Å². The quantitative estimate of drug-likeness (QED) is 0.760. The summed E-state index contributed by atoms with van der Waals surface area (Å²) in [6.07, 6.45) is 2.32. The summed E-state index contributed by atoms with van der Waals surface area (Å²) in [6.45, 7) is 7.01. The standard InChI is InChI=1S/C15H23N3O2/c1-13(14-5-3-4-7-16-14)18-11-9-17(10-12-18)8-6-15(19)20-2/h3-5,7,13H,6,8-12H2,1-2H3/t13-/m0/s1. The Hall–Kier alpha value is -1.46.